The number of aryl methyl sites for hydroxylation is 1. The van der Waals surface area contributed by atoms with E-state index in [0.717, 1.165) is 67.1 Å². The molecule has 0 amide bonds. The average Bonchev–Trinajstić information content (AvgIpc) is 3.93. The first-order valence-electron chi connectivity index (χ1n) is 19.6. The van der Waals surface area contributed by atoms with Crippen LogP contribution in [-0.4, -0.2) is 24.1 Å². The fourth-order valence-electron chi connectivity index (χ4n) is 8.90. The normalized spacial score (nSPS) is 12.1. The Kier molecular flexibility index (Phi) is 7.35. The average molecular weight is 734 g/mol. The van der Waals surface area contributed by atoms with Crippen molar-refractivity contribution in [2.75, 3.05) is 0 Å². The van der Waals surface area contributed by atoms with Gasteiger partial charge in [0.1, 0.15) is 11.6 Å². The van der Waals surface area contributed by atoms with Crippen molar-refractivity contribution < 1.29 is 0 Å². The minimum Gasteiger partial charge on any atom is -0.354 e. The second-order valence-electron chi connectivity index (χ2n) is 15.7. The molecule has 11 rings (SSSR count). The maximum absolute atomic E-state index is 5.56. The van der Waals surface area contributed by atoms with E-state index in [2.05, 4.69) is 205 Å². The van der Waals surface area contributed by atoms with Crippen molar-refractivity contribution in [3.05, 3.63) is 193 Å². The molecule has 272 valence electrons. The first-order valence-corrected chi connectivity index (χ1v) is 19.6. The monoisotopic (exact) mass is 733 g/mol. The van der Waals surface area contributed by atoms with E-state index in [4.69, 9.17) is 9.97 Å². The Morgan fingerprint density at radius 2 is 1.28 bits per heavy atom. The predicted octanol–water partition coefficient (Wildman–Crippen LogP) is 13.1. The predicted molar refractivity (Wildman–Crippen MR) is 237 cm³/mol. The lowest BCUT2D eigenvalue weighted by atomic mass is 9.78. The van der Waals surface area contributed by atoms with Crippen LogP contribution in [-0.2, 0) is 5.41 Å². The number of imidazole rings is 1. The molecule has 0 spiro atoms. The van der Waals surface area contributed by atoms with E-state index in [0.29, 0.717) is 0 Å². The zero-order chi connectivity index (χ0) is 38.3. The summed E-state index contributed by atoms with van der Waals surface area (Å²) in [7, 11) is 0. The first-order chi connectivity index (χ1) is 27.9. The summed E-state index contributed by atoms with van der Waals surface area (Å²) in [6, 6.07) is 61.0. The third-order valence-corrected chi connectivity index (χ3v) is 11.9. The molecule has 0 bridgehead atoms. The highest BCUT2D eigenvalue weighted by molar-refractivity contribution is 6.13. The van der Waals surface area contributed by atoms with Crippen LogP contribution in [0.4, 0.5) is 0 Å². The highest BCUT2D eigenvalue weighted by Crippen LogP contribution is 2.42. The van der Waals surface area contributed by atoms with Crippen LogP contribution in [0.15, 0.2) is 176 Å². The Hall–Kier alpha value is -7.24. The molecular formula is C52H39N5. The number of nitrogens with one attached hydrogen (secondary N) is 1. The Labute approximate surface area is 330 Å². The number of hydrogen-bond acceptors (Lipinski definition) is 2. The lowest BCUT2D eigenvalue weighted by molar-refractivity contribution is 0.642. The van der Waals surface area contributed by atoms with Crippen molar-refractivity contribution in [1.82, 2.24) is 24.1 Å². The van der Waals surface area contributed by atoms with Crippen LogP contribution in [0.5, 0.6) is 0 Å². The van der Waals surface area contributed by atoms with Gasteiger partial charge >= 0.3 is 0 Å². The van der Waals surface area contributed by atoms with E-state index in [9.17, 15) is 0 Å². The van der Waals surface area contributed by atoms with E-state index in [-0.39, 0.29) is 5.41 Å². The summed E-state index contributed by atoms with van der Waals surface area (Å²) < 4.78 is 4.63. The first kappa shape index (κ1) is 33.1. The van der Waals surface area contributed by atoms with Gasteiger partial charge in [0.2, 0.25) is 0 Å². The lowest BCUT2D eigenvalue weighted by Crippen LogP contribution is -2.18. The molecular weight excluding hydrogens is 695 g/mol. The molecule has 7 aromatic carbocycles. The fraction of sp³-hybridized carbons (Fsp3) is 0.0769. The van der Waals surface area contributed by atoms with Crippen LogP contribution in [0.3, 0.4) is 0 Å². The van der Waals surface area contributed by atoms with Crippen molar-refractivity contribution in [2.45, 2.75) is 26.2 Å². The Balaban J connectivity index is 1.16. The van der Waals surface area contributed by atoms with Crippen LogP contribution in [0.1, 0.15) is 30.5 Å². The summed E-state index contributed by atoms with van der Waals surface area (Å²) in [5.41, 5.74) is 14.3. The van der Waals surface area contributed by atoms with Gasteiger partial charge in [0.25, 0.3) is 0 Å². The topological polar surface area (TPSA) is 51.4 Å². The molecule has 0 aliphatic heterocycles. The maximum Gasteiger partial charge on any atom is 0.147 e. The number of hydrogen-bond donors (Lipinski definition) is 1. The summed E-state index contributed by atoms with van der Waals surface area (Å²) in [6.45, 7) is 6.75. The molecule has 5 nitrogen and oxygen atoms in total. The van der Waals surface area contributed by atoms with Gasteiger partial charge < -0.3 is 4.98 Å². The second-order valence-corrected chi connectivity index (χ2v) is 15.7. The van der Waals surface area contributed by atoms with Gasteiger partial charge in [-0.05, 0) is 89.8 Å². The molecule has 5 heteroatoms. The van der Waals surface area contributed by atoms with Crippen molar-refractivity contribution in [2.24, 2.45) is 0 Å². The summed E-state index contributed by atoms with van der Waals surface area (Å²) in [4.78, 5) is 14.2. The Morgan fingerprint density at radius 1 is 0.526 bits per heavy atom. The molecule has 0 atom stereocenters. The zero-order valence-electron chi connectivity index (χ0n) is 32.0. The summed E-state index contributed by atoms with van der Waals surface area (Å²) in [6.07, 6.45) is 1.91. The summed E-state index contributed by atoms with van der Waals surface area (Å²) in [5, 5.41) is 4.80. The van der Waals surface area contributed by atoms with Crippen molar-refractivity contribution >= 4 is 54.6 Å². The van der Waals surface area contributed by atoms with Crippen molar-refractivity contribution in [3.63, 3.8) is 0 Å². The summed E-state index contributed by atoms with van der Waals surface area (Å²) in [5.74, 6) is 1.80. The lowest BCUT2D eigenvalue weighted by Gasteiger charge is -2.26. The number of H-pyrrole nitrogens is 1. The van der Waals surface area contributed by atoms with E-state index >= 15 is 0 Å². The number of aromatic nitrogens is 5. The third kappa shape index (κ3) is 5.16. The van der Waals surface area contributed by atoms with Crippen LogP contribution < -0.4 is 0 Å². The van der Waals surface area contributed by atoms with E-state index in [1.165, 1.54) is 38.2 Å². The van der Waals surface area contributed by atoms with Crippen LogP contribution in [0, 0.1) is 6.92 Å². The number of benzene rings is 7. The van der Waals surface area contributed by atoms with Gasteiger partial charge in [-0.3, -0.25) is 9.13 Å². The molecule has 0 unspecified atom stereocenters. The van der Waals surface area contributed by atoms with Gasteiger partial charge in [0.15, 0.2) is 0 Å². The number of aromatic amines is 1. The molecule has 57 heavy (non-hydrogen) atoms. The Bertz CT molecular complexity index is 3330. The Morgan fingerprint density at radius 3 is 2.12 bits per heavy atom. The van der Waals surface area contributed by atoms with Gasteiger partial charge in [-0.1, -0.05) is 123 Å². The van der Waals surface area contributed by atoms with E-state index in [1.807, 2.05) is 6.20 Å². The minimum absolute atomic E-state index is 0.173. The molecule has 11 aromatic rings. The van der Waals surface area contributed by atoms with Crippen molar-refractivity contribution in [3.8, 4) is 34.0 Å². The molecule has 0 aliphatic carbocycles. The standard InChI is InChI=1S/C52H39N5/c1-33-28-29-53-48(30-33)57-45-27-25-36(52(2,3)35-14-6-4-7-15-35)32-43(45)40-26-24-34(31-47(40)57)38-19-13-23-46-50(38)55-51(56(46)37-16-8-5-9-17-37)42-21-12-20-41-39-18-10-11-22-44(39)54-49(41)42/h4-32,54H,1-3H3. The van der Waals surface area contributed by atoms with E-state index in [1.54, 1.807) is 0 Å². The van der Waals surface area contributed by atoms with E-state index < -0.39 is 0 Å². The fourth-order valence-corrected chi connectivity index (χ4v) is 8.90. The summed E-state index contributed by atoms with van der Waals surface area (Å²) >= 11 is 0. The van der Waals surface area contributed by atoms with Gasteiger partial charge in [-0.15, -0.1) is 0 Å². The van der Waals surface area contributed by atoms with Gasteiger partial charge in [-0.2, -0.15) is 0 Å². The molecule has 0 saturated carbocycles. The minimum atomic E-state index is -0.173. The number of para-hydroxylation sites is 4. The molecule has 0 aliphatic rings. The van der Waals surface area contributed by atoms with Gasteiger partial charge in [-0.25, -0.2) is 9.97 Å². The smallest absolute Gasteiger partial charge is 0.147 e. The number of nitrogens with zero attached hydrogens (tertiary/aromatic N) is 4. The van der Waals surface area contributed by atoms with Gasteiger partial charge in [0, 0.05) is 55.5 Å². The molecule has 4 aromatic heterocycles. The van der Waals surface area contributed by atoms with Gasteiger partial charge in [0.05, 0.1) is 27.6 Å². The van der Waals surface area contributed by atoms with Crippen molar-refractivity contribution in [1.29, 1.82) is 0 Å². The zero-order valence-corrected chi connectivity index (χ0v) is 32.0. The molecule has 0 radical (unpaired) electrons. The number of fused-ring (bicyclic) bond motifs is 7. The molecule has 1 N–H and O–H groups in total. The molecule has 0 fully saturated rings. The molecule has 0 saturated heterocycles. The van der Waals surface area contributed by atoms with Crippen LogP contribution in [0.2, 0.25) is 0 Å². The molecule has 4 heterocycles. The van der Waals surface area contributed by atoms with Crippen LogP contribution in [0.25, 0.3) is 88.7 Å². The third-order valence-electron chi connectivity index (χ3n) is 11.9. The highest BCUT2D eigenvalue weighted by Gasteiger charge is 2.26. The maximum atomic E-state index is 5.56. The number of pyridine rings is 1. The highest BCUT2D eigenvalue weighted by atomic mass is 15.1. The van der Waals surface area contributed by atoms with Crippen LogP contribution >= 0.6 is 0 Å². The quantitative estimate of drug-likeness (QED) is 0.185. The second kappa shape index (κ2) is 12.7. The largest absolute Gasteiger partial charge is 0.354 e. The SMILES string of the molecule is Cc1ccnc(-n2c3ccc(C(C)(C)c4ccccc4)cc3c3ccc(-c4cccc5c4nc(-c4cccc6c4[nH]c4ccccc46)n5-c4ccccc4)cc32)c1. The number of rotatable bonds is 6.